The van der Waals surface area contributed by atoms with Gasteiger partial charge in [-0.1, -0.05) is 200 Å². The van der Waals surface area contributed by atoms with Crippen LogP contribution in [0.15, 0.2) is 218 Å². The van der Waals surface area contributed by atoms with Crippen molar-refractivity contribution in [1.29, 1.82) is 5.26 Å². The van der Waals surface area contributed by atoms with Crippen LogP contribution in [0.4, 0.5) is 17.3 Å². The molecular formula is C53H44N6O. The highest BCUT2D eigenvalue weighted by atomic mass is 16.2. The van der Waals surface area contributed by atoms with Crippen molar-refractivity contribution in [2.24, 2.45) is 5.84 Å². The fourth-order valence-electron chi connectivity index (χ4n) is 8.33. The molecule has 0 saturated carbocycles. The summed E-state index contributed by atoms with van der Waals surface area (Å²) < 4.78 is 0. The molecule has 1 aromatic heterocycles. The molecule has 0 aliphatic heterocycles. The van der Waals surface area contributed by atoms with Crippen molar-refractivity contribution in [3.63, 3.8) is 0 Å². The molecule has 1 heterocycles. The standard InChI is InChI=1S/C53H44N6O/c54-38-39-20-19-21-40(36-39)47(34-35-60)48-37-49(58-52(41-22-7-1-8-23-41,42-24-9-2-10-25-42)43-26-11-3-12-27-43)57-51(50(48)55)59(56)53(44-28-13-4-14-29-44,45-30-15-5-16-31-45)46-32-17-6-18-33-46/h1-34,36-37,60H,35,55-56H2,(H,57,58)/b47-34+. The Morgan fingerprint density at radius 3 is 1.42 bits per heavy atom. The molecule has 0 spiro atoms. The van der Waals surface area contributed by atoms with Gasteiger partial charge in [-0.05, 0) is 62.7 Å². The second kappa shape index (κ2) is 17.4. The molecule has 0 aliphatic carbocycles. The zero-order valence-electron chi connectivity index (χ0n) is 32.9. The molecule has 0 amide bonds. The lowest BCUT2D eigenvalue weighted by Gasteiger charge is -2.44. The summed E-state index contributed by atoms with van der Waals surface area (Å²) >= 11 is 0. The molecule has 0 fully saturated rings. The minimum atomic E-state index is -1.14. The van der Waals surface area contributed by atoms with E-state index in [1.54, 1.807) is 23.2 Å². The van der Waals surface area contributed by atoms with E-state index in [4.69, 9.17) is 16.6 Å². The zero-order chi connectivity index (χ0) is 41.4. The molecule has 6 N–H and O–H groups in total. The van der Waals surface area contributed by atoms with Crippen LogP contribution in [0.5, 0.6) is 0 Å². The number of rotatable bonds is 13. The van der Waals surface area contributed by atoms with E-state index in [1.807, 2.05) is 127 Å². The molecule has 0 bridgehead atoms. The Hall–Kier alpha value is -7.76. The number of hydrazine groups is 1. The van der Waals surface area contributed by atoms with Gasteiger partial charge in [0.2, 0.25) is 0 Å². The van der Waals surface area contributed by atoms with Crippen molar-refractivity contribution < 1.29 is 5.11 Å². The van der Waals surface area contributed by atoms with Gasteiger partial charge in [0.25, 0.3) is 0 Å². The van der Waals surface area contributed by atoms with Crippen LogP contribution in [0.3, 0.4) is 0 Å². The topological polar surface area (TPSA) is 124 Å². The number of hydrogen-bond donors (Lipinski definition) is 4. The number of nitrogens with zero attached hydrogens (tertiary/aromatic N) is 3. The Morgan fingerprint density at radius 2 is 1.02 bits per heavy atom. The van der Waals surface area contributed by atoms with Gasteiger partial charge in [0, 0.05) is 5.56 Å². The fraction of sp³-hybridized carbons (Fsp3) is 0.0566. The maximum Gasteiger partial charge on any atom is 0.170 e. The van der Waals surface area contributed by atoms with Crippen LogP contribution >= 0.6 is 0 Å². The van der Waals surface area contributed by atoms with Gasteiger partial charge in [0.1, 0.15) is 16.9 Å². The van der Waals surface area contributed by atoms with Crippen LogP contribution in [-0.2, 0) is 11.1 Å². The van der Waals surface area contributed by atoms with E-state index >= 15 is 0 Å². The molecular weight excluding hydrogens is 737 g/mol. The zero-order valence-corrected chi connectivity index (χ0v) is 32.9. The molecule has 0 unspecified atom stereocenters. The Kier molecular flexibility index (Phi) is 11.3. The van der Waals surface area contributed by atoms with Crippen molar-refractivity contribution in [1.82, 2.24) is 4.98 Å². The van der Waals surface area contributed by atoms with E-state index < -0.39 is 11.1 Å². The van der Waals surface area contributed by atoms with Gasteiger partial charge in [-0.3, -0.25) is 5.01 Å². The summed E-state index contributed by atoms with van der Waals surface area (Å²) in [6.07, 6.45) is 1.70. The molecule has 7 aromatic carbocycles. The quantitative estimate of drug-likeness (QED) is 0.0522. The Labute approximate surface area is 351 Å². The Morgan fingerprint density at radius 1 is 0.600 bits per heavy atom. The average Bonchev–Trinajstić information content (AvgIpc) is 3.32. The lowest BCUT2D eigenvalue weighted by atomic mass is 9.76. The third-order valence-corrected chi connectivity index (χ3v) is 11.0. The molecule has 8 aromatic rings. The van der Waals surface area contributed by atoms with Crippen molar-refractivity contribution in [2.75, 3.05) is 22.7 Å². The highest BCUT2D eigenvalue weighted by Gasteiger charge is 2.44. The minimum Gasteiger partial charge on any atom is -0.395 e. The number of nitriles is 1. The van der Waals surface area contributed by atoms with Crippen LogP contribution in [0.25, 0.3) is 5.57 Å². The molecule has 0 saturated heterocycles. The number of aliphatic hydroxyl groups excluding tert-OH is 1. The first kappa shape index (κ1) is 39.1. The number of aliphatic hydroxyl groups is 1. The smallest absolute Gasteiger partial charge is 0.170 e. The highest BCUT2D eigenvalue weighted by molar-refractivity contribution is 5.91. The second-order valence-electron chi connectivity index (χ2n) is 14.4. The van der Waals surface area contributed by atoms with Crippen molar-refractivity contribution in [3.05, 3.63) is 268 Å². The summed E-state index contributed by atoms with van der Waals surface area (Å²) in [7, 11) is 0. The molecule has 0 aliphatic rings. The van der Waals surface area contributed by atoms with Gasteiger partial charge in [0.15, 0.2) is 5.82 Å². The first-order chi connectivity index (χ1) is 29.5. The molecule has 8 rings (SSSR count). The van der Waals surface area contributed by atoms with Gasteiger partial charge in [-0.25, -0.2) is 10.8 Å². The van der Waals surface area contributed by atoms with Gasteiger partial charge in [-0.2, -0.15) is 5.26 Å². The number of benzene rings is 7. The van der Waals surface area contributed by atoms with Gasteiger partial charge in [-0.15, -0.1) is 0 Å². The third kappa shape index (κ3) is 7.18. The number of nitrogen functional groups attached to an aromatic ring is 1. The first-order valence-corrected chi connectivity index (χ1v) is 19.8. The maximum absolute atomic E-state index is 10.6. The summed E-state index contributed by atoms with van der Waals surface area (Å²) in [6.45, 7) is -0.289. The molecule has 7 heteroatoms. The summed E-state index contributed by atoms with van der Waals surface area (Å²) in [5.74, 6) is 8.47. The predicted molar refractivity (Wildman–Crippen MR) is 243 cm³/mol. The summed E-state index contributed by atoms with van der Waals surface area (Å²) in [5.41, 5.74) is 13.6. The fourth-order valence-corrected chi connectivity index (χ4v) is 8.33. The maximum atomic E-state index is 10.6. The summed E-state index contributed by atoms with van der Waals surface area (Å²) in [5, 5.41) is 26.2. The highest BCUT2D eigenvalue weighted by Crippen LogP contribution is 2.47. The number of nitrogens with two attached hydrogens (primary N) is 2. The molecule has 7 nitrogen and oxygen atoms in total. The van der Waals surface area contributed by atoms with E-state index in [9.17, 15) is 10.4 Å². The Balaban J connectivity index is 1.47. The third-order valence-electron chi connectivity index (χ3n) is 11.0. The van der Waals surface area contributed by atoms with Gasteiger partial charge in [0.05, 0.1) is 23.9 Å². The van der Waals surface area contributed by atoms with Crippen molar-refractivity contribution in [2.45, 2.75) is 11.1 Å². The van der Waals surface area contributed by atoms with Crippen LogP contribution < -0.4 is 21.9 Å². The normalized spacial score (nSPS) is 11.7. The predicted octanol–water partition coefficient (Wildman–Crippen LogP) is 10.0. The monoisotopic (exact) mass is 780 g/mol. The van der Waals surface area contributed by atoms with E-state index in [2.05, 4.69) is 84.2 Å². The number of pyridine rings is 1. The average molecular weight is 781 g/mol. The lowest BCUT2D eigenvalue weighted by molar-refractivity contribution is 0.343. The van der Waals surface area contributed by atoms with Crippen molar-refractivity contribution >= 4 is 22.9 Å². The first-order valence-electron chi connectivity index (χ1n) is 19.8. The van der Waals surface area contributed by atoms with Gasteiger partial charge < -0.3 is 16.2 Å². The van der Waals surface area contributed by atoms with E-state index in [-0.39, 0.29) is 18.1 Å². The molecule has 0 atom stereocenters. The summed E-state index contributed by atoms with van der Waals surface area (Å²) in [4.78, 5) is 5.43. The van der Waals surface area contributed by atoms with Crippen LogP contribution in [0, 0.1) is 11.3 Å². The number of anilines is 3. The Bertz CT molecular complexity index is 2550. The molecule has 60 heavy (non-hydrogen) atoms. The number of hydrogen-bond acceptors (Lipinski definition) is 7. The number of aromatic nitrogens is 1. The largest absolute Gasteiger partial charge is 0.395 e. The molecule has 292 valence electrons. The van der Waals surface area contributed by atoms with Crippen LogP contribution in [-0.4, -0.2) is 16.7 Å². The molecule has 0 radical (unpaired) electrons. The van der Waals surface area contributed by atoms with Crippen molar-refractivity contribution in [3.8, 4) is 6.07 Å². The lowest BCUT2D eigenvalue weighted by Crippen LogP contribution is -2.53. The van der Waals surface area contributed by atoms with E-state index in [0.717, 1.165) is 33.4 Å². The van der Waals surface area contributed by atoms with Gasteiger partial charge >= 0.3 is 0 Å². The van der Waals surface area contributed by atoms with E-state index in [1.165, 1.54) is 0 Å². The summed E-state index contributed by atoms with van der Waals surface area (Å²) in [6, 6.07) is 72.6. The van der Waals surface area contributed by atoms with Crippen LogP contribution in [0.1, 0.15) is 50.1 Å². The van der Waals surface area contributed by atoms with E-state index in [0.29, 0.717) is 28.1 Å². The minimum absolute atomic E-state index is 0.280. The second-order valence-corrected chi connectivity index (χ2v) is 14.4. The number of nitrogens with one attached hydrogen (secondary N) is 1. The van der Waals surface area contributed by atoms with Crippen LogP contribution in [0.2, 0.25) is 0 Å². The SMILES string of the molecule is N#Cc1cccc(/C(=C\CO)c2cc(NC(c3ccccc3)(c3ccccc3)c3ccccc3)nc(N(N)C(c3ccccc3)(c3ccccc3)c3ccccc3)c2N)c1.